The summed E-state index contributed by atoms with van der Waals surface area (Å²) in [6.45, 7) is 1.49. The van der Waals surface area contributed by atoms with Crippen LogP contribution in [0.25, 0.3) is 10.8 Å². The fourth-order valence-corrected chi connectivity index (χ4v) is 3.27. The van der Waals surface area contributed by atoms with Gasteiger partial charge < -0.3 is 10.1 Å². The Balaban J connectivity index is 1.50. The molecule has 0 unspecified atom stereocenters. The van der Waals surface area contributed by atoms with Crippen molar-refractivity contribution in [2.75, 3.05) is 11.9 Å². The minimum Gasteiger partial charge on any atom is -0.483 e. The maximum Gasteiger partial charge on any atom is 0.276 e. The molecule has 0 saturated carbocycles. The molecule has 3 aromatic rings. The number of anilines is 1. The van der Waals surface area contributed by atoms with Gasteiger partial charge in [-0.05, 0) is 57.0 Å². The van der Waals surface area contributed by atoms with Gasteiger partial charge in [-0.3, -0.25) is 25.2 Å². The number of fused-ring (bicyclic) bond motifs is 1. The van der Waals surface area contributed by atoms with Crippen LogP contribution in [0.1, 0.15) is 23.7 Å². The summed E-state index contributed by atoms with van der Waals surface area (Å²) in [5.41, 5.74) is 5.58. The molecular formula is C22H20BrN3O4. The molecule has 0 bridgehead atoms. The minimum absolute atomic E-state index is 0.113. The van der Waals surface area contributed by atoms with Gasteiger partial charge in [-0.25, -0.2) is 0 Å². The second-order valence-electron chi connectivity index (χ2n) is 6.37. The fraction of sp³-hybridized carbons (Fsp3) is 0.136. The number of rotatable bonds is 6. The quantitative estimate of drug-likeness (QED) is 0.478. The molecule has 0 aliphatic rings. The zero-order chi connectivity index (χ0) is 21.5. The van der Waals surface area contributed by atoms with E-state index in [-0.39, 0.29) is 12.5 Å². The molecular weight excluding hydrogens is 450 g/mol. The lowest BCUT2D eigenvalue weighted by molar-refractivity contribution is -0.123. The van der Waals surface area contributed by atoms with Crippen molar-refractivity contribution in [3.05, 3.63) is 70.7 Å². The van der Waals surface area contributed by atoms with Crippen molar-refractivity contribution in [1.29, 1.82) is 0 Å². The van der Waals surface area contributed by atoms with Crippen LogP contribution >= 0.6 is 15.9 Å². The Labute approximate surface area is 181 Å². The molecule has 0 atom stereocenters. The standard InChI is InChI=1S/C22H20BrN3O4/c1-2-19(27)24-16-10-7-15(8-11-16)22(29)26-25-20(28)13-30-18-12-9-14-5-3-4-6-17(14)21(18)23/h3-12H,2,13H2,1H3,(H,24,27)(H,25,28)(H,26,29). The normalized spacial score (nSPS) is 10.3. The summed E-state index contributed by atoms with van der Waals surface area (Å²) < 4.78 is 6.31. The molecule has 0 spiro atoms. The minimum atomic E-state index is -0.504. The predicted molar refractivity (Wildman–Crippen MR) is 118 cm³/mol. The summed E-state index contributed by atoms with van der Waals surface area (Å²) in [7, 11) is 0. The van der Waals surface area contributed by atoms with Gasteiger partial charge in [-0.2, -0.15) is 0 Å². The molecule has 0 fully saturated rings. The first kappa shape index (κ1) is 21.3. The summed E-state index contributed by atoms with van der Waals surface area (Å²) in [5, 5.41) is 4.72. The first-order valence-corrected chi connectivity index (χ1v) is 10.1. The molecule has 3 rings (SSSR count). The van der Waals surface area contributed by atoms with E-state index in [2.05, 4.69) is 32.1 Å². The Bertz CT molecular complexity index is 1080. The number of carbonyl (C=O) groups excluding carboxylic acids is 3. The van der Waals surface area contributed by atoms with E-state index in [0.717, 1.165) is 15.2 Å². The molecule has 0 saturated heterocycles. The molecule has 3 N–H and O–H groups in total. The SMILES string of the molecule is CCC(=O)Nc1ccc(C(=O)NNC(=O)COc2ccc3ccccc3c2Br)cc1. The Morgan fingerprint density at radius 2 is 1.63 bits per heavy atom. The number of amides is 3. The molecule has 0 aliphatic carbocycles. The third kappa shape index (κ3) is 5.36. The smallest absolute Gasteiger partial charge is 0.276 e. The van der Waals surface area contributed by atoms with E-state index in [0.29, 0.717) is 23.4 Å². The molecule has 0 heterocycles. The Morgan fingerprint density at radius 3 is 2.37 bits per heavy atom. The lowest BCUT2D eigenvalue weighted by Gasteiger charge is -2.11. The number of carbonyl (C=O) groups is 3. The van der Waals surface area contributed by atoms with Crippen molar-refractivity contribution in [1.82, 2.24) is 10.9 Å². The average Bonchev–Trinajstić information content (AvgIpc) is 2.77. The average molecular weight is 470 g/mol. The third-order valence-electron chi connectivity index (χ3n) is 4.25. The van der Waals surface area contributed by atoms with Gasteiger partial charge in [-0.1, -0.05) is 37.3 Å². The first-order valence-electron chi connectivity index (χ1n) is 9.27. The number of halogens is 1. The second-order valence-corrected chi connectivity index (χ2v) is 7.16. The highest BCUT2D eigenvalue weighted by Crippen LogP contribution is 2.32. The van der Waals surface area contributed by atoms with E-state index in [9.17, 15) is 14.4 Å². The summed E-state index contributed by atoms with van der Waals surface area (Å²) in [6.07, 6.45) is 0.367. The zero-order valence-electron chi connectivity index (χ0n) is 16.2. The summed E-state index contributed by atoms with van der Waals surface area (Å²) in [5.74, 6) is -0.573. The van der Waals surface area contributed by atoms with Crippen LogP contribution in [0.5, 0.6) is 5.75 Å². The van der Waals surface area contributed by atoms with Gasteiger partial charge in [0, 0.05) is 17.7 Å². The van der Waals surface area contributed by atoms with Crippen LogP contribution in [0.2, 0.25) is 0 Å². The highest BCUT2D eigenvalue weighted by Gasteiger charge is 2.11. The van der Waals surface area contributed by atoms with Crippen LogP contribution in [0.4, 0.5) is 5.69 Å². The summed E-state index contributed by atoms with van der Waals surface area (Å²) in [6, 6.07) is 17.8. The number of hydrazine groups is 1. The Kier molecular flexibility index (Phi) is 7.03. The van der Waals surface area contributed by atoms with Gasteiger partial charge in [0.2, 0.25) is 5.91 Å². The monoisotopic (exact) mass is 469 g/mol. The maximum atomic E-state index is 12.2. The van der Waals surface area contributed by atoms with Gasteiger partial charge in [0.25, 0.3) is 11.8 Å². The van der Waals surface area contributed by atoms with Crippen LogP contribution in [-0.2, 0) is 9.59 Å². The molecule has 0 radical (unpaired) electrons. The van der Waals surface area contributed by atoms with Gasteiger partial charge >= 0.3 is 0 Å². The third-order valence-corrected chi connectivity index (χ3v) is 5.07. The fourth-order valence-electron chi connectivity index (χ4n) is 2.66. The topological polar surface area (TPSA) is 96.5 Å². The molecule has 3 aromatic carbocycles. The van der Waals surface area contributed by atoms with Crippen LogP contribution in [0, 0.1) is 0 Å². The van der Waals surface area contributed by atoms with Gasteiger partial charge in [-0.15, -0.1) is 0 Å². The largest absolute Gasteiger partial charge is 0.483 e. The lowest BCUT2D eigenvalue weighted by Crippen LogP contribution is -2.43. The molecule has 154 valence electrons. The zero-order valence-corrected chi connectivity index (χ0v) is 17.8. The van der Waals surface area contributed by atoms with Gasteiger partial charge in [0.05, 0.1) is 4.47 Å². The van der Waals surface area contributed by atoms with E-state index >= 15 is 0 Å². The van der Waals surface area contributed by atoms with E-state index in [1.807, 2.05) is 30.3 Å². The predicted octanol–water partition coefficient (Wildman–Crippen LogP) is 3.79. The van der Waals surface area contributed by atoms with Crippen LogP contribution < -0.4 is 20.9 Å². The van der Waals surface area contributed by atoms with E-state index in [1.54, 1.807) is 37.3 Å². The lowest BCUT2D eigenvalue weighted by atomic mass is 10.1. The van der Waals surface area contributed by atoms with Gasteiger partial charge in [0.1, 0.15) is 5.75 Å². The highest BCUT2D eigenvalue weighted by atomic mass is 79.9. The molecule has 30 heavy (non-hydrogen) atoms. The Hall–Kier alpha value is -3.39. The number of nitrogens with one attached hydrogen (secondary N) is 3. The van der Waals surface area contributed by atoms with E-state index in [4.69, 9.17) is 4.74 Å². The van der Waals surface area contributed by atoms with Crippen molar-refractivity contribution < 1.29 is 19.1 Å². The Morgan fingerprint density at radius 1 is 0.900 bits per heavy atom. The van der Waals surface area contributed by atoms with Crippen LogP contribution in [-0.4, -0.2) is 24.3 Å². The molecule has 7 nitrogen and oxygen atoms in total. The van der Waals surface area contributed by atoms with Crippen LogP contribution in [0.3, 0.4) is 0 Å². The van der Waals surface area contributed by atoms with E-state index < -0.39 is 11.8 Å². The number of hydrogen-bond donors (Lipinski definition) is 3. The molecule has 0 aliphatic heterocycles. The van der Waals surface area contributed by atoms with E-state index in [1.165, 1.54) is 0 Å². The number of ether oxygens (including phenoxy) is 1. The van der Waals surface area contributed by atoms with Crippen molar-refractivity contribution in [3.63, 3.8) is 0 Å². The molecule has 3 amide bonds. The maximum absolute atomic E-state index is 12.2. The number of hydrogen-bond acceptors (Lipinski definition) is 4. The number of benzene rings is 3. The second kappa shape index (κ2) is 9.89. The van der Waals surface area contributed by atoms with Crippen molar-refractivity contribution >= 4 is 50.1 Å². The van der Waals surface area contributed by atoms with Crippen LogP contribution in [0.15, 0.2) is 65.1 Å². The van der Waals surface area contributed by atoms with Crippen molar-refractivity contribution in [2.24, 2.45) is 0 Å². The highest BCUT2D eigenvalue weighted by molar-refractivity contribution is 9.10. The molecule has 8 heteroatoms. The van der Waals surface area contributed by atoms with Gasteiger partial charge in [0.15, 0.2) is 6.61 Å². The van der Waals surface area contributed by atoms with Crippen molar-refractivity contribution in [2.45, 2.75) is 13.3 Å². The summed E-state index contributed by atoms with van der Waals surface area (Å²) in [4.78, 5) is 35.5. The van der Waals surface area contributed by atoms with Crippen molar-refractivity contribution in [3.8, 4) is 5.75 Å². The summed E-state index contributed by atoms with van der Waals surface area (Å²) >= 11 is 3.50. The molecule has 0 aromatic heterocycles. The first-order chi connectivity index (χ1) is 14.5.